The smallest absolute Gasteiger partial charge is 0.0726 e. The number of pyridine rings is 1. The number of hydrogen-bond donors (Lipinski definition) is 1. The quantitative estimate of drug-likeness (QED) is 0.926. The Labute approximate surface area is 127 Å². The van der Waals surface area contributed by atoms with Gasteiger partial charge in [0, 0.05) is 23.7 Å². The summed E-state index contributed by atoms with van der Waals surface area (Å²) >= 11 is 0. The first kappa shape index (κ1) is 14.3. The van der Waals surface area contributed by atoms with E-state index in [1.165, 1.54) is 38.6 Å². The molecule has 1 aliphatic rings. The van der Waals surface area contributed by atoms with Crippen LogP contribution in [0.4, 0.5) is 5.69 Å². The topological polar surface area (TPSA) is 42.1 Å². The zero-order chi connectivity index (χ0) is 14.7. The number of likely N-dealkylation sites (tertiary alicyclic amines) is 1. The summed E-state index contributed by atoms with van der Waals surface area (Å²) in [5.74, 6) is 0. The lowest BCUT2D eigenvalue weighted by molar-refractivity contribution is 0.184. The fraction of sp³-hybridized carbons (Fsp3) is 0.500. The van der Waals surface area contributed by atoms with E-state index in [1.807, 2.05) is 18.2 Å². The second-order valence-electron chi connectivity index (χ2n) is 6.10. The molecule has 3 rings (SSSR count). The third-order valence-electron chi connectivity index (χ3n) is 4.64. The van der Waals surface area contributed by atoms with Crippen LogP contribution in [0.2, 0.25) is 0 Å². The van der Waals surface area contributed by atoms with Crippen LogP contribution in [0.3, 0.4) is 0 Å². The van der Waals surface area contributed by atoms with Crippen LogP contribution in [0, 0.1) is 0 Å². The third-order valence-corrected chi connectivity index (χ3v) is 4.64. The van der Waals surface area contributed by atoms with Crippen molar-refractivity contribution in [3.8, 4) is 0 Å². The largest absolute Gasteiger partial charge is 0.398 e. The molecule has 1 aromatic carbocycles. The molecule has 1 saturated heterocycles. The zero-order valence-electron chi connectivity index (χ0n) is 12.9. The van der Waals surface area contributed by atoms with Gasteiger partial charge in [-0.2, -0.15) is 0 Å². The van der Waals surface area contributed by atoms with E-state index < -0.39 is 0 Å². The summed E-state index contributed by atoms with van der Waals surface area (Å²) in [6.07, 6.45) is 6.57. The average Bonchev–Trinajstić information content (AvgIpc) is 2.72. The minimum Gasteiger partial charge on any atom is -0.398 e. The van der Waals surface area contributed by atoms with Crippen LogP contribution in [0.15, 0.2) is 30.3 Å². The van der Waals surface area contributed by atoms with E-state index >= 15 is 0 Å². The lowest BCUT2D eigenvalue weighted by Crippen LogP contribution is -2.34. The highest BCUT2D eigenvalue weighted by Gasteiger charge is 2.20. The van der Waals surface area contributed by atoms with Crippen LogP contribution >= 0.6 is 0 Å². The molecule has 1 atom stereocenters. The maximum atomic E-state index is 6.20. The Morgan fingerprint density at radius 1 is 1.24 bits per heavy atom. The van der Waals surface area contributed by atoms with E-state index in [2.05, 4.69) is 24.0 Å². The summed E-state index contributed by atoms with van der Waals surface area (Å²) in [6, 6.07) is 10.9. The van der Waals surface area contributed by atoms with Gasteiger partial charge in [0.2, 0.25) is 0 Å². The van der Waals surface area contributed by atoms with Gasteiger partial charge < -0.3 is 5.73 Å². The Balaban J connectivity index is 1.86. The first-order valence-corrected chi connectivity index (χ1v) is 8.16. The fourth-order valence-electron chi connectivity index (χ4n) is 3.46. The molecule has 3 heteroatoms. The number of nitrogens with zero attached hydrogens (tertiary/aromatic N) is 2. The molecule has 2 aromatic rings. The molecular weight excluding hydrogens is 258 g/mol. The van der Waals surface area contributed by atoms with Gasteiger partial charge in [-0.05, 0) is 37.9 Å². The Morgan fingerprint density at radius 2 is 2.10 bits per heavy atom. The molecule has 0 radical (unpaired) electrons. The Morgan fingerprint density at radius 3 is 2.95 bits per heavy atom. The molecule has 2 N–H and O–H groups in total. The average molecular weight is 283 g/mol. The molecule has 0 aliphatic carbocycles. The summed E-state index contributed by atoms with van der Waals surface area (Å²) in [6.45, 7) is 4.41. The number of benzene rings is 1. The number of nitrogen functional groups attached to an aromatic ring is 1. The normalized spacial score (nSPS) is 20.5. The van der Waals surface area contributed by atoms with Gasteiger partial charge in [-0.15, -0.1) is 0 Å². The fourth-order valence-corrected chi connectivity index (χ4v) is 3.46. The molecule has 1 aromatic heterocycles. The van der Waals surface area contributed by atoms with Crippen molar-refractivity contribution < 1.29 is 0 Å². The lowest BCUT2D eigenvalue weighted by atomic mass is 10.1. The molecule has 0 bridgehead atoms. The van der Waals surface area contributed by atoms with Gasteiger partial charge in [0.15, 0.2) is 0 Å². The van der Waals surface area contributed by atoms with Crippen molar-refractivity contribution in [2.24, 2.45) is 0 Å². The summed E-state index contributed by atoms with van der Waals surface area (Å²) < 4.78 is 0. The van der Waals surface area contributed by atoms with Gasteiger partial charge >= 0.3 is 0 Å². The van der Waals surface area contributed by atoms with Crippen molar-refractivity contribution in [2.75, 3.05) is 12.3 Å². The van der Waals surface area contributed by atoms with E-state index in [0.717, 1.165) is 28.8 Å². The molecule has 1 unspecified atom stereocenters. The van der Waals surface area contributed by atoms with Crippen molar-refractivity contribution in [3.05, 3.63) is 36.0 Å². The monoisotopic (exact) mass is 283 g/mol. The highest BCUT2D eigenvalue weighted by Crippen LogP contribution is 2.24. The Bertz CT molecular complexity index is 608. The number of hydrogen-bond acceptors (Lipinski definition) is 3. The summed E-state index contributed by atoms with van der Waals surface area (Å²) in [5, 5.41) is 1.06. The standard InChI is InChI=1S/C18H25N3/c1-2-15-8-4-3-7-11-21(15)13-14-12-17(19)16-9-5-6-10-18(16)20-14/h5-6,9-10,12,15H,2-4,7-8,11,13H2,1H3,(H2,19,20). The van der Waals surface area contributed by atoms with Gasteiger partial charge in [-0.3, -0.25) is 9.88 Å². The molecule has 1 aliphatic heterocycles. The predicted molar refractivity (Wildman–Crippen MR) is 89.1 cm³/mol. The first-order chi connectivity index (χ1) is 10.3. The van der Waals surface area contributed by atoms with Gasteiger partial charge in [-0.1, -0.05) is 38.0 Å². The molecule has 3 nitrogen and oxygen atoms in total. The first-order valence-electron chi connectivity index (χ1n) is 8.16. The van der Waals surface area contributed by atoms with Crippen molar-refractivity contribution in [2.45, 2.75) is 51.6 Å². The number of nitrogens with two attached hydrogens (primary N) is 1. The van der Waals surface area contributed by atoms with Gasteiger partial charge in [0.05, 0.1) is 11.2 Å². The maximum Gasteiger partial charge on any atom is 0.0726 e. The van der Waals surface area contributed by atoms with Crippen LogP contribution in [-0.2, 0) is 6.54 Å². The molecular formula is C18H25N3. The molecule has 0 spiro atoms. The van der Waals surface area contributed by atoms with E-state index in [-0.39, 0.29) is 0 Å². The lowest BCUT2D eigenvalue weighted by Gasteiger charge is -2.28. The minimum atomic E-state index is 0.696. The van der Waals surface area contributed by atoms with E-state index in [4.69, 9.17) is 10.7 Å². The van der Waals surface area contributed by atoms with Crippen LogP contribution in [0.25, 0.3) is 10.9 Å². The zero-order valence-corrected chi connectivity index (χ0v) is 12.9. The van der Waals surface area contributed by atoms with Crippen molar-refractivity contribution in [1.82, 2.24) is 9.88 Å². The van der Waals surface area contributed by atoms with Crippen LogP contribution in [0.1, 0.15) is 44.7 Å². The van der Waals surface area contributed by atoms with Crippen molar-refractivity contribution in [3.63, 3.8) is 0 Å². The van der Waals surface area contributed by atoms with Gasteiger partial charge in [0.25, 0.3) is 0 Å². The maximum absolute atomic E-state index is 6.20. The molecule has 2 heterocycles. The molecule has 21 heavy (non-hydrogen) atoms. The summed E-state index contributed by atoms with van der Waals surface area (Å²) in [7, 11) is 0. The second-order valence-corrected chi connectivity index (χ2v) is 6.10. The SMILES string of the molecule is CCC1CCCCCN1Cc1cc(N)c2ccccc2n1. The van der Waals surface area contributed by atoms with Gasteiger partial charge in [0.1, 0.15) is 0 Å². The summed E-state index contributed by atoms with van der Waals surface area (Å²) in [4.78, 5) is 7.41. The highest BCUT2D eigenvalue weighted by atomic mass is 15.2. The van der Waals surface area contributed by atoms with Crippen molar-refractivity contribution >= 4 is 16.6 Å². The van der Waals surface area contributed by atoms with E-state index in [9.17, 15) is 0 Å². The number of aromatic nitrogens is 1. The molecule has 1 fully saturated rings. The van der Waals surface area contributed by atoms with Crippen molar-refractivity contribution in [1.29, 1.82) is 0 Å². The predicted octanol–water partition coefficient (Wildman–Crippen LogP) is 3.97. The van der Waals surface area contributed by atoms with Crippen LogP contribution in [0.5, 0.6) is 0 Å². The second kappa shape index (κ2) is 6.44. The number of rotatable bonds is 3. The summed E-state index contributed by atoms with van der Waals surface area (Å²) in [5.41, 5.74) is 9.16. The molecule has 0 saturated carbocycles. The Hall–Kier alpha value is -1.61. The molecule has 112 valence electrons. The number of para-hydroxylation sites is 1. The van der Waals surface area contributed by atoms with Crippen LogP contribution in [-0.4, -0.2) is 22.5 Å². The minimum absolute atomic E-state index is 0.696. The van der Waals surface area contributed by atoms with Crippen LogP contribution < -0.4 is 5.73 Å². The molecule has 0 amide bonds. The van der Waals surface area contributed by atoms with E-state index in [1.54, 1.807) is 0 Å². The van der Waals surface area contributed by atoms with Gasteiger partial charge in [-0.25, -0.2) is 0 Å². The highest BCUT2D eigenvalue weighted by molar-refractivity contribution is 5.90. The van der Waals surface area contributed by atoms with E-state index in [0.29, 0.717) is 6.04 Å². The third kappa shape index (κ3) is 3.18. The Kier molecular flexibility index (Phi) is 4.39. The number of fused-ring (bicyclic) bond motifs is 1. The number of anilines is 1.